The summed E-state index contributed by atoms with van der Waals surface area (Å²) in [4.78, 5) is 33.4. The summed E-state index contributed by atoms with van der Waals surface area (Å²) < 4.78 is 0. The molecule has 0 bridgehead atoms. The van der Waals surface area contributed by atoms with E-state index in [0.717, 1.165) is 4.90 Å². The molecule has 1 rings (SSSR count). The van der Waals surface area contributed by atoms with E-state index in [1.807, 2.05) is 0 Å². The Labute approximate surface area is 80.1 Å². The molecule has 2 N–H and O–H groups in total. The maximum absolute atomic E-state index is 11.2. The summed E-state index contributed by atoms with van der Waals surface area (Å²) in [6.45, 7) is 1.35. The third-order valence-electron chi connectivity index (χ3n) is 2.33. The zero-order valence-electron chi connectivity index (χ0n) is 7.64. The zero-order chi connectivity index (χ0) is 10.9. The highest BCUT2D eigenvalue weighted by Gasteiger charge is 2.38. The Balaban J connectivity index is 2.70. The lowest BCUT2D eigenvalue weighted by Crippen LogP contribution is -2.40. The summed E-state index contributed by atoms with van der Waals surface area (Å²) in [5.74, 6) is -3.36. The second-order valence-electron chi connectivity index (χ2n) is 3.30. The summed E-state index contributed by atoms with van der Waals surface area (Å²) in [7, 11) is 0. The number of likely N-dealkylation sites (tertiary alicyclic amines) is 1. The van der Waals surface area contributed by atoms with E-state index in [4.69, 9.17) is 10.2 Å². The van der Waals surface area contributed by atoms with E-state index in [2.05, 4.69) is 0 Å². The van der Waals surface area contributed by atoms with Crippen LogP contribution in [0.1, 0.15) is 13.3 Å². The van der Waals surface area contributed by atoms with Crippen molar-refractivity contribution in [2.75, 3.05) is 6.54 Å². The van der Waals surface area contributed by atoms with Gasteiger partial charge in [0.25, 0.3) is 0 Å². The molecule has 0 aromatic rings. The van der Waals surface area contributed by atoms with Crippen LogP contribution in [-0.4, -0.2) is 45.5 Å². The monoisotopic (exact) mass is 201 g/mol. The number of carboxylic acids is 2. The molecule has 6 nitrogen and oxygen atoms in total. The number of amides is 1. The number of hydrogen-bond donors (Lipinski definition) is 2. The van der Waals surface area contributed by atoms with Gasteiger partial charge in [-0.3, -0.25) is 9.59 Å². The lowest BCUT2D eigenvalue weighted by Gasteiger charge is -2.20. The molecule has 1 heterocycles. The van der Waals surface area contributed by atoms with Crippen molar-refractivity contribution in [1.29, 1.82) is 0 Å². The van der Waals surface area contributed by atoms with Gasteiger partial charge in [0.2, 0.25) is 5.91 Å². The van der Waals surface area contributed by atoms with E-state index in [9.17, 15) is 14.4 Å². The molecule has 0 aliphatic carbocycles. The van der Waals surface area contributed by atoms with Crippen LogP contribution in [0.25, 0.3) is 0 Å². The van der Waals surface area contributed by atoms with Crippen LogP contribution >= 0.6 is 0 Å². The first-order valence-corrected chi connectivity index (χ1v) is 4.18. The third-order valence-corrected chi connectivity index (χ3v) is 2.33. The van der Waals surface area contributed by atoms with Crippen LogP contribution in [0.4, 0.5) is 0 Å². The van der Waals surface area contributed by atoms with Crippen LogP contribution in [0.2, 0.25) is 0 Å². The van der Waals surface area contributed by atoms with Crippen LogP contribution in [0.3, 0.4) is 0 Å². The Kier molecular flexibility index (Phi) is 2.73. The van der Waals surface area contributed by atoms with Crippen molar-refractivity contribution in [2.45, 2.75) is 19.4 Å². The number of nitrogens with zero attached hydrogens (tertiary/aromatic N) is 1. The van der Waals surface area contributed by atoms with Gasteiger partial charge in [-0.25, -0.2) is 4.79 Å². The first kappa shape index (κ1) is 10.5. The molecule has 1 amide bonds. The first-order chi connectivity index (χ1) is 6.43. The predicted octanol–water partition coefficient (Wildman–Crippen LogP) is -0.607. The normalized spacial score (nSPS) is 23.6. The van der Waals surface area contributed by atoms with E-state index >= 15 is 0 Å². The number of carbonyl (C=O) groups is 3. The summed E-state index contributed by atoms with van der Waals surface area (Å²) in [6, 6.07) is -0.952. The van der Waals surface area contributed by atoms with Gasteiger partial charge in [-0.1, -0.05) is 0 Å². The van der Waals surface area contributed by atoms with Crippen LogP contribution in [0.15, 0.2) is 0 Å². The third kappa shape index (κ3) is 1.84. The Morgan fingerprint density at radius 1 is 1.50 bits per heavy atom. The smallest absolute Gasteiger partial charge is 0.326 e. The first-order valence-electron chi connectivity index (χ1n) is 4.18. The summed E-state index contributed by atoms with van der Waals surface area (Å²) in [5.41, 5.74) is 0. The average Bonchev–Trinajstić information content (AvgIpc) is 2.46. The largest absolute Gasteiger partial charge is 0.481 e. The van der Waals surface area contributed by atoms with E-state index in [1.54, 1.807) is 0 Å². The fourth-order valence-electron chi connectivity index (χ4n) is 1.40. The van der Waals surface area contributed by atoms with Gasteiger partial charge < -0.3 is 15.1 Å². The Morgan fingerprint density at radius 2 is 2.07 bits per heavy atom. The highest BCUT2D eigenvalue weighted by atomic mass is 16.4. The topological polar surface area (TPSA) is 94.9 Å². The lowest BCUT2D eigenvalue weighted by molar-refractivity contribution is -0.147. The van der Waals surface area contributed by atoms with Crippen molar-refractivity contribution < 1.29 is 24.6 Å². The molecule has 1 fully saturated rings. The van der Waals surface area contributed by atoms with Crippen molar-refractivity contribution >= 4 is 17.8 Å². The number of rotatable bonds is 3. The van der Waals surface area contributed by atoms with Gasteiger partial charge in [0.05, 0.1) is 5.92 Å². The summed E-state index contributed by atoms with van der Waals surface area (Å²) in [5, 5.41) is 17.3. The molecular weight excluding hydrogens is 190 g/mol. The fourth-order valence-corrected chi connectivity index (χ4v) is 1.40. The predicted molar refractivity (Wildman–Crippen MR) is 44.6 cm³/mol. The minimum absolute atomic E-state index is 0.0123. The molecule has 1 aliphatic rings. The SMILES string of the molecule is C[C@H](C(=O)O)N1C[C@H](C(=O)O)CC1=O. The summed E-state index contributed by atoms with van der Waals surface area (Å²) in [6.07, 6.45) is -0.104. The minimum Gasteiger partial charge on any atom is -0.481 e. The number of carboxylic acid groups (broad SMARTS) is 2. The van der Waals surface area contributed by atoms with Crippen LogP contribution in [0.5, 0.6) is 0 Å². The van der Waals surface area contributed by atoms with Gasteiger partial charge in [0.15, 0.2) is 0 Å². The maximum atomic E-state index is 11.2. The standard InChI is InChI=1S/C8H11NO5/c1-4(7(11)12)9-3-5(8(13)14)2-6(9)10/h4-5H,2-3H2,1H3,(H,11,12)(H,13,14)/t4-,5-/m1/s1. The Hall–Kier alpha value is -1.59. The Morgan fingerprint density at radius 3 is 2.43 bits per heavy atom. The molecule has 2 atom stereocenters. The molecule has 78 valence electrons. The van der Waals surface area contributed by atoms with Crippen molar-refractivity contribution in [1.82, 2.24) is 4.90 Å². The molecule has 0 aromatic carbocycles. The van der Waals surface area contributed by atoms with Gasteiger partial charge in [-0.2, -0.15) is 0 Å². The van der Waals surface area contributed by atoms with Gasteiger partial charge in [-0.15, -0.1) is 0 Å². The van der Waals surface area contributed by atoms with Gasteiger partial charge in [0.1, 0.15) is 6.04 Å². The van der Waals surface area contributed by atoms with Gasteiger partial charge >= 0.3 is 11.9 Å². The van der Waals surface area contributed by atoms with Crippen LogP contribution in [-0.2, 0) is 14.4 Å². The number of carbonyl (C=O) groups excluding carboxylic acids is 1. The van der Waals surface area contributed by atoms with Crippen molar-refractivity contribution in [2.24, 2.45) is 5.92 Å². The molecule has 0 saturated carbocycles. The van der Waals surface area contributed by atoms with E-state index in [-0.39, 0.29) is 13.0 Å². The second kappa shape index (κ2) is 3.65. The average molecular weight is 201 g/mol. The molecule has 6 heteroatoms. The zero-order valence-corrected chi connectivity index (χ0v) is 7.64. The minimum atomic E-state index is -1.12. The van der Waals surface area contributed by atoms with E-state index < -0.39 is 29.8 Å². The molecule has 0 spiro atoms. The lowest BCUT2D eigenvalue weighted by atomic mass is 10.1. The van der Waals surface area contributed by atoms with Crippen LogP contribution in [0, 0.1) is 5.92 Å². The molecular formula is C8H11NO5. The van der Waals surface area contributed by atoms with Gasteiger partial charge in [-0.05, 0) is 6.92 Å². The van der Waals surface area contributed by atoms with Crippen molar-refractivity contribution in [3.63, 3.8) is 0 Å². The quantitative estimate of drug-likeness (QED) is 0.635. The fraction of sp³-hybridized carbons (Fsp3) is 0.625. The van der Waals surface area contributed by atoms with Gasteiger partial charge in [0, 0.05) is 13.0 Å². The highest BCUT2D eigenvalue weighted by Crippen LogP contribution is 2.20. The van der Waals surface area contributed by atoms with E-state index in [1.165, 1.54) is 6.92 Å². The maximum Gasteiger partial charge on any atom is 0.326 e. The molecule has 0 unspecified atom stereocenters. The number of aliphatic carboxylic acids is 2. The molecule has 14 heavy (non-hydrogen) atoms. The number of hydrogen-bond acceptors (Lipinski definition) is 3. The second-order valence-corrected chi connectivity index (χ2v) is 3.30. The van der Waals surface area contributed by atoms with Crippen LogP contribution < -0.4 is 0 Å². The van der Waals surface area contributed by atoms with Crippen molar-refractivity contribution in [3.05, 3.63) is 0 Å². The molecule has 1 saturated heterocycles. The molecule has 1 aliphatic heterocycles. The Bertz CT molecular complexity index is 287. The summed E-state index contributed by atoms with van der Waals surface area (Å²) >= 11 is 0. The molecule has 0 aromatic heterocycles. The van der Waals surface area contributed by atoms with Crippen molar-refractivity contribution in [3.8, 4) is 0 Å². The molecule has 0 radical (unpaired) electrons. The highest BCUT2D eigenvalue weighted by molar-refractivity contribution is 5.89. The van der Waals surface area contributed by atoms with E-state index in [0.29, 0.717) is 0 Å².